The molecule has 7 aliphatic rings. The normalized spacial score (nSPS) is 25.8. The monoisotopic (exact) mass is 974 g/mol. The molecule has 4 bridgehead atoms. The lowest BCUT2D eigenvalue weighted by Crippen LogP contribution is -3.00. The molecule has 0 spiro atoms. The SMILES string of the molecule is C[N+]12CCC(CC1)[C@@H](NC(=O)C1c3ccccc3Oc3ccccc31)C2.O=C(N[C@H]1C[N+]2(CCCOc3ccccc3)CCC1CC2)C(c1cccs1)c1cccs1.[Br-].[Br-]. The highest BCUT2D eigenvalue weighted by atomic mass is 79.9. The van der Waals surface area contributed by atoms with E-state index in [-0.39, 0.29) is 69.7 Å². The van der Waals surface area contributed by atoms with Crippen LogP contribution in [-0.2, 0) is 9.59 Å². The van der Waals surface area contributed by atoms with Crippen molar-refractivity contribution in [2.75, 3.05) is 59.5 Å². The van der Waals surface area contributed by atoms with Gasteiger partial charge in [0.1, 0.15) is 23.2 Å². The molecule has 12 heteroatoms. The quantitative estimate of drug-likeness (QED) is 0.158. The Morgan fingerprint density at radius 3 is 1.82 bits per heavy atom. The fourth-order valence-corrected chi connectivity index (χ4v) is 12.2. The van der Waals surface area contributed by atoms with Gasteiger partial charge in [0, 0.05) is 53.0 Å². The molecule has 6 saturated heterocycles. The number of carbonyl (C=O) groups excluding carboxylic acids is 2. The highest BCUT2D eigenvalue weighted by Gasteiger charge is 2.47. The third-order valence-corrected chi connectivity index (χ3v) is 15.6. The smallest absolute Gasteiger partial charge is 0.234 e. The van der Waals surface area contributed by atoms with E-state index in [1.54, 1.807) is 22.7 Å². The number of likely N-dealkylation sites (N-methyl/N-ethyl adjacent to an activating group) is 1. The molecule has 2 N–H and O–H groups in total. The van der Waals surface area contributed by atoms with E-state index in [0.29, 0.717) is 11.8 Å². The number of carbonyl (C=O) groups is 2. The molecule has 0 radical (unpaired) electrons. The van der Waals surface area contributed by atoms with Crippen molar-refractivity contribution < 1.29 is 62.0 Å². The highest BCUT2D eigenvalue weighted by molar-refractivity contribution is 7.12. The number of thiophene rings is 2. The van der Waals surface area contributed by atoms with Gasteiger partial charge in [-0.25, -0.2) is 0 Å². The number of fused-ring (bicyclic) bond motifs is 8. The number of hydrogen-bond acceptors (Lipinski definition) is 6. The van der Waals surface area contributed by atoms with Crippen LogP contribution < -0.4 is 54.1 Å². The van der Waals surface area contributed by atoms with Crippen LogP contribution in [0.25, 0.3) is 0 Å². The summed E-state index contributed by atoms with van der Waals surface area (Å²) >= 11 is 3.35. The minimum atomic E-state index is -0.295. The summed E-state index contributed by atoms with van der Waals surface area (Å²) in [5, 5.41) is 11.0. The van der Waals surface area contributed by atoms with Crippen molar-refractivity contribution in [1.29, 1.82) is 0 Å². The predicted molar refractivity (Wildman–Crippen MR) is 232 cm³/mol. The van der Waals surface area contributed by atoms with Gasteiger partial charge in [-0.15, -0.1) is 22.7 Å². The summed E-state index contributed by atoms with van der Waals surface area (Å²) < 4.78 is 14.2. The average molecular weight is 977 g/mol. The first kappa shape index (κ1) is 44.5. The molecule has 8 nitrogen and oxygen atoms in total. The third-order valence-electron chi connectivity index (χ3n) is 13.7. The highest BCUT2D eigenvalue weighted by Crippen LogP contribution is 2.44. The van der Waals surface area contributed by atoms with Crippen molar-refractivity contribution in [3.05, 3.63) is 135 Å². The topological polar surface area (TPSA) is 76.7 Å². The van der Waals surface area contributed by atoms with Crippen molar-refractivity contribution in [3.63, 3.8) is 0 Å². The number of halogens is 2. The van der Waals surface area contributed by atoms with Crippen LogP contribution in [0.3, 0.4) is 0 Å². The van der Waals surface area contributed by atoms with Gasteiger partial charge in [-0.2, -0.15) is 0 Å². The van der Waals surface area contributed by atoms with Gasteiger partial charge in [0.15, 0.2) is 0 Å². The summed E-state index contributed by atoms with van der Waals surface area (Å²) in [7, 11) is 2.33. The molecule has 0 unspecified atom stereocenters. The minimum Gasteiger partial charge on any atom is -1.00 e. The second kappa shape index (κ2) is 19.7. The molecule has 2 aromatic heterocycles. The summed E-state index contributed by atoms with van der Waals surface area (Å²) in [6.07, 6.45) is 5.93. The van der Waals surface area contributed by atoms with Gasteiger partial charge in [-0.3, -0.25) is 9.59 Å². The van der Waals surface area contributed by atoms with Gasteiger partial charge in [-0.1, -0.05) is 66.7 Å². The molecular formula is C48H56Br2N4O4S2. The van der Waals surface area contributed by atoms with E-state index in [1.165, 1.54) is 51.9 Å². The Kier molecular flexibility index (Phi) is 14.6. The Balaban J connectivity index is 0.000000179. The number of amides is 2. The van der Waals surface area contributed by atoms with E-state index in [1.807, 2.05) is 91.0 Å². The molecule has 0 saturated carbocycles. The Hall–Kier alpha value is -3.52. The van der Waals surface area contributed by atoms with Crippen LogP contribution in [0.2, 0.25) is 0 Å². The van der Waals surface area contributed by atoms with Gasteiger partial charge in [0.05, 0.1) is 77.5 Å². The lowest BCUT2D eigenvalue weighted by Gasteiger charge is -2.53. The van der Waals surface area contributed by atoms with E-state index in [4.69, 9.17) is 9.47 Å². The molecule has 2 amide bonds. The summed E-state index contributed by atoms with van der Waals surface area (Å²) in [4.78, 5) is 29.1. The van der Waals surface area contributed by atoms with Crippen molar-refractivity contribution in [3.8, 4) is 17.2 Å². The van der Waals surface area contributed by atoms with Gasteiger partial charge >= 0.3 is 0 Å². The standard InChI is InChI=1S/C26H30N2O2S2.C22H24N2O2.2BrH/c29-26(25(23-9-4-17-31-23)24-10-5-18-32-24)27-22-19-28(14-11-20(22)12-15-28)13-6-16-30-21-7-2-1-3-8-21;1-24-12-10-15(11-13-24)18(14-24)23-22(25)21-16-6-2-4-8-19(16)26-20-9-5-3-7-17(20)21;;/h1-5,7-10,17-18,20,22,25H,6,11-16,19H2;2-9,15,18,21H,10-14H2,1H3;2*1H/t20?,22-,28?;15?,18-,24?;;/m00../s1. The van der Waals surface area contributed by atoms with E-state index < -0.39 is 0 Å². The fraction of sp³-hybridized carbons (Fsp3) is 0.417. The van der Waals surface area contributed by atoms with Crippen molar-refractivity contribution in [2.45, 2.75) is 56.0 Å². The number of benzene rings is 3. The van der Waals surface area contributed by atoms with Gasteiger partial charge in [0.2, 0.25) is 11.8 Å². The molecule has 3 aromatic carbocycles. The van der Waals surface area contributed by atoms with Crippen LogP contribution in [0.4, 0.5) is 0 Å². The molecule has 5 aromatic rings. The van der Waals surface area contributed by atoms with E-state index in [0.717, 1.165) is 79.8 Å². The Labute approximate surface area is 384 Å². The fourth-order valence-electron chi connectivity index (χ4n) is 10.5. The van der Waals surface area contributed by atoms with Crippen LogP contribution in [0.1, 0.15) is 64.8 Å². The lowest BCUT2D eigenvalue weighted by molar-refractivity contribution is -0.944. The molecule has 12 rings (SSSR count). The molecule has 60 heavy (non-hydrogen) atoms. The van der Waals surface area contributed by atoms with Crippen LogP contribution in [-0.4, -0.2) is 92.3 Å². The number of nitrogens with zero attached hydrogens (tertiary/aromatic N) is 2. The predicted octanol–water partition coefficient (Wildman–Crippen LogP) is 2.42. The number of rotatable bonds is 11. The second-order valence-electron chi connectivity index (χ2n) is 17.4. The van der Waals surface area contributed by atoms with Crippen LogP contribution in [0.15, 0.2) is 114 Å². The lowest BCUT2D eigenvalue weighted by atomic mass is 9.81. The first-order chi connectivity index (χ1) is 28.4. The van der Waals surface area contributed by atoms with Crippen molar-refractivity contribution in [1.82, 2.24) is 10.6 Å². The zero-order valence-corrected chi connectivity index (χ0v) is 39.0. The number of piperidine rings is 6. The maximum atomic E-state index is 13.5. The molecule has 7 aliphatic heterocycles. The van der Waals surface area contributed by atoms with Crippen molar-refractivity contribution >= 4 is 34.5 Å². The molecule has 6 fully saturated rings. The summed E-state index contributed by atoms with van der Waals surface area (Å²) in [6.45, 7) is 8.98. The second-order valence-corrected chi connectivity index (χ2v) is 19.4. The summed E-state index contributed by atoms with van der Waals surface area (Å²) in [5.74, 6) is 3.57. The number of quaternary nitrogens is 2. The molecule has 2 atom stereocenters. The van der Waals surface area contributed by atoms with Gasteiger partial charge in [-0.05, 0) is 59.0 Å². The molecular weight excluding hydrogens is 920 g/mol. The van der Waals surface area contributed by atoms with Gasteiger partial charge in [0.25, 0.3) is 0 Å². The van der Waals surface area contributed by atoms with Crippen LogP contribution in [0, 0.1) is 11.8 Å². The number of nitrogens with one attached hydrogen (secondary N) is 2. The third kappa shape index (κ3) is 9.74. The largest absolute Gasteiger partial charge is 1.00 e. The maximum absolute atomic E-state index is 13.5. The summed E-state index contributed by atoms with van der Waals surface area (Å²) in [6, 6.07) is 34.7. The maximum Gasteiger partial charge on any atom is 0.234 e. The summed E-state index contributed by atoms with van der Waals surface area (Å²) in [5.41, 5.74) is 1.93. The van der Waals surface area contributed by atoms with Crippen molar-refractivity contribution in [2.24, 2.45) is 11.8 Å². The number of para-hydroxylation sites is 3. The first-order valence-corrected chi connectivity index (χ1v) is 23.0. The average Bonchev–Trinajstić information content (AvgIpc) is 3.99. The number of hydrogen-bond donors (Lipinski definition) is 2. The van der Waals surface area contributed by atoms with E-state index in [2.05, 4.69) is 40.6 Å². The molecule has 318 valence electrons. The molecule has 9 heterocycles. The van der Waals surface area contributed by atoms with Crippen LogP contribution >= 0.6 is 22.7 Å². The van der Waals surface area contributed by atoms with E-state index >= 15 is 0 Å². The van der Waals surface area contributed by atoms with Gasteiger partial charge < -0.3 is 63.0 Å². The van der Waals surface area contributed by atoms with Crippen LogP contribution in [0.5, 0.6) is 17.2 Å². The number of ether oxygens (including phenoxy) is 2. The molecule has 0 aliphatic carbocycles. The Morgan fingerprint density at radius 2 is 1.25 bits per heavy atom. The van der Waals surface area contributed by atoms with E-state index in [9.17, 15) is 9.59 Å². The minimum absolute atomic E-state index is 0. The zero-order chi connectivity index (χ0) is 39.5. The Morgan fingerprint density at radius 1 is 0.700 bits per heavy atom. The zero-order valence-electron chi connectivity index (χ0n) is 34.2. The Bertz CT molecular complexity index is 2080. The first-order valence-electron chi connectivity index (χ1n) is 21.3.